The number of amides is 2. The molecule has 3 N–H and O–H groups in total. The summed E-state index contributed by atoms with van der Waals surface area (Å²) < 4.78 is 0. The molecular formula is C15H23N3O. The SMILES string of the molecule is CN(CC1CCCCC1)C(=O)Nc1ccc(N)cc1. The van der Waals surface area contributed by atoms with Crippen LogP contribution in [-0.4, -0.2) is 24.5 Å². The molecule has 1 aliphatic carbocycles. The van der Waals surface area contributed by atoms with E-state index in [2.05, 4.69) is 5.32 Å². The number of carbonyl (C=O) groups excluding carboxylic acids is 1. The van der Waals surface area contributed by atoms with Crippen molar-refractivity contribution in [2.24, 2.45) is 5.92 Å². The lowest BCUT2D eigenvalue weighted by atomic mass is 9.89. The summed E-state index contributed by atoms with van der Waals surface area (Å²) in [5, 5.41) is 2.89. The molecule has 1 aromatic rings. The van der Waals surface area contributed by atoms with Gasteiger partial charge in [-0.1, -0.05) is 19.3 Å². The fourth-order valence-electron chi connectivity index (χ4n) is 2.63. The predicted octanol–water partition coefficient (Wildman–Crippen LogP) is 3.31. The van der Waals surface area contributed by atoms with Gasteiger partial charge in [0.15, 0.2) is 0 Å². The highest BCUT2D eigenvalue weighted by Crippen LogP contribution is 2.24. The van der Waals surface area contributed by atoms with Crippen LogP contribution >= 0.6 is 0 Å². The van der Waals surface area contributed by atoms with E-state index >= 15 is 0 Å². The Bertz CT molecular complexity index is 410. The maximum absolute atomic E-state index is 12.1. The van der Waals surface area contributed by atoms with Crippen molar-refractivity contribution < 1.29 is 4.79 Å². The molecule has 0 atom stereocenters. The molecule has 0 aromatic heterocycles. The largest absolute Gasteiger partial charge is 0.399 e. The fraction of sp³-hybridized carbons (Fsp3) is 0.533. The zero-order valence-electron chi connectivity index (χ0n) is 11.6. The number of nitrogens with zero attached hydrogens (tertiary/aromatic N) is 1. The average Bonchev–Trinajstić information content (AvgIpc) is 2.42. The lowest BCUT2D eigenvalue weighted by Crippen LogP contribution is -2.35. The van der Waals surface area contributed by atoms with Gasteiger partial charge in [-0.25, -0.2) is 4.79 Å². The topological polar surface area (TPSA) is 58.4 Å². The van der Waals surface area contributed by atoms with Gasteiger partial charge in [0, 0.05) is 25.0 Å². The summed E-state index contributed by atoms with van der Waals surface area (Å²) in [4.78, 5) is 13.8. The van der Waals surface area contributed by atoms with Crippen LogP contribution in [0.25, 0.3) is 0 Å². The minimum absolute atomic E-state index is 0.0460. The van der Waals surface area contributed by atoms with E-state index in [0.717, 1.165) is 12.2 Å². The molecule has 0 bridgehead atoms. The van der Waals surface area contributed by atoms with Crippen LogP contribution in [0.1, 0.15) is 32.1 Å². The van der Waals surface area contributed by atoms with Gasteiger partial charge >= 0.3 is 6.03 Å². The van der Waals surface area contributed by atoms with Crippen molar-refractivity contribution >= 4 is 17.4 Å². The summed E-state index contributed by atoms with van der Waals surface area (Å²) in [5.74, 6) is 0.663. The van der Waals surface area contributed by atoms with Crippen LogP contribution in [0.15, 0.2) is 24.3 Å². The zero-order chi connectivity index (χ0) is 13.7. The van der Waals surface area contributed by atoms with E-state index in [-0.39, 0.29) is 6.03 Å². The quantitative estimate of drug-likeness (QED) is 0.820. The first-order chi connectivity index (χ1) is 9.15. The molecule has 0 unspecified atom stereocenters. The summed E-state index contributed by atoms with van der Waals surface area (Å²) in [6, 6.07) is 7.17. The Morgan fingerprint density at radius 2 is 1.89 bits per heavy atom. The number of urea groups is 1. The third kappa shape index (κ3) is 4.16. The minimum atomic E-state index is -0.0460. The molecule has 0 aliphatic heterocycles. The number of nitrogens with one attached hydrogen (secondary N) is 1. The Morgan fingerprint density at radius 3 is 2.53 bits per heavy atom. The Balaban J connectivity index is 1.83. The zero-order valence-corrected chi connectivity index (χ0v) is 11.6. The minimum Gasteiger partial charge on any atom is -0.399 e. The van der Waals surface area contributed by atoms with E-state index in [4.69, 9.17) is 5.73 Å². The van der Waals surface area contributed by atoms with Crippen LogP contribution in [-0.2, 0) is 0 Å². The number of nitrogens with two attached hydrogens (primary N) is 1. The van der Waals surface area contributed by atoms with Crippen LogP contribution < -0.4 is 11.1 Å². The number of benzene rings is 1. The molecule has 4 nitrogen and oxygen atoms in total. The van der Waals surface area contributed by atoms with E-state index in [0.29, 0.717) is 11.6 Å². The maximum atomic E-state index is 12.1. The second kappa shape index (κ2) is 6.45. The Morgan fingerprint density at radius 1 is 1.26 bits per heavy atom. The van der Waals surface area contributed by atoms with E-state index in [9.17, 15) is 4.79 Å². The summed E-state index contributed by atoms with van der Waals surface area (Å²) in [6.45, 7) is 0.848. The highest BCUT2D eigenvalue weighted by Gasteiger charge is 2.18. The smallest absolute Gasteiger partial charge is 0.321 e. The number of hydrogen-bond donors (Lipinski definition) is 2. The lowest BCUT2D eigenvalue weighted by Gasteiger charge is -2.27. The molecule has 104 valence electrons. The Hall–Kier alpha value is -1.71. The van der Waals surface area contributed by atoms with Crippen LogP contribution in [0.4, 0.5) is 16.2 Å². The molecular weight excluding hydrogens is 238 g/mol. The standard InChI is InChI=1S/C15H23N3O/c1-18(11-12-5-3-2-4-6-12)15(19)17-14-9-7-13(16)8-10-14/h7-10,12H,2-6,11,16H2,1H3,(H,17,19). The van der Waals surface area contributed by atoms with Crippen molar-refractivity contribution in [2.75, 3.05) is 24.6 Å². The first kappa shape index (κ1) is 13.7. The van der Waals surface area contributed by atoms with E-state index in [1.54, 1.807) is 17.0 Å². The number of rotatable bonds is 3. The average molecular weight is 261 g/mol. The summed E-state index contributed by atoms with van der Waals surface area (Å²) in [5.41, 5.74) is 7.11. The van der Waals surface area contributed by atoms with Gasteiger partial charge in [-0.05, 0) is 43.0 Å². The monoisotopic (exact) mass is 261 g/mol. The highest BCUT2D eigenvalue weighted by molar-refractivity contribution is 5.89. The van der Waals surface area contributed by atoms with Gasteiger partial charge in [-0.2, -0.15) is 0 Å². The third-order valence-corrected chi connectivity index (χ3v) is 3.77. The molecule has 1 fully saturated rings. The van der Waals surface area contributed by atoms with E-state index in [1.165, 1.54) is 32.1 Å². The number of nitrogen functional groups attached to an aromatic ring is 1. The van der Waals surface area contributed by atoms with Crippen molar-refractivity contribution in [2.45, 2.75) is 32.1 Å². The first-order valence-electron chi connectivity index (χ1n) is 7.03. The Labute approximate surface area is 115 Å². The number of hydrogen-bond acceptors (Lipinski definition) is 2. The molecule has 1 aromatic carbocycles. The van der Waals surface area contributed by atoms with Gasteiger partial charge in [0.05, 0.1) is 0 Å². The molecule has 1 aliphatic rings. The molecule has 2 rings (SSSR count). The maximum Gasteiger partial charge on any atom is 0.321 e. The molecule has 4 heteroatoms. The molecule has 0 saturated heterocycles. The van der Waals surface area contributed by atoms with Gasteiger partial charge in [0.2, 0.25) is 0 Å². The van der Waals surface area contributed by atoms with Gasteiger partial charge in [0.1, 0.15) is 0 Å². The molecule has 2 amide bonds. The first-order valence-corrected chi connectivity index (χ1v) is 7.03. The molecule has 0 spiro atoms. The predicted molar refractivity (Wildman–Crippen MR) is 79.1 cm³/mol. The van der Waals surface area contributed by atoms with Crippen molar-refractivity contribution in [1.29, 1.82) is 0 Å². The summed E-state index contributed by atoms with van der Waals surface area (Å²) >= 11 is 0. The van der Waals surface area contributed by atoms with Crippen LogP contribution in [0.3, 0.4) is 0 Å². The van der Waals surface area contributed by atoms with Gasteiger partial charge in [0.25, 0.3) is 0 Å². The van der Waals surface area contributed by atoms with Crippen molar-refractivity contribution in [3.05, 3.63) is 24.3 Å². The fourth-order valence-corrected chi connectivity index (χ4v) is 2.63. The molecule has 19 heavy (non-hydrogen) atoms. The van der Waals surface area contributed by atoms with Gasteiger partial charge < -0.3 is 16.0 Å². The van der Waals surface area contributed by atoms with E-state index < -0.39 is 0 Å². The number of carbonyl (C=O) groups is 1. The van der Waals surface area contributed by atoms with Gasteiger partial charge in [-0.15, -0.1) is 0 Å². The van der Waals surface area contributed by atoms with Crippen molar-refractivity contribution in [1.82, 2.24) is 4.90 Å². The number of anilines is 2. The van der Waals surface area contributed by atoms with Crippen molar-refractivity contribution in [3.63, 3.8) is 0 Å². The molecule has 1 saturated carbocycles. The summed E-state index contributed by atoms with van der Waals surface area (Å²) in [7, 11) is 1.86. The van der Waals surface area contributed by atoms with Crippen LogP contribution in [0.2, 0.25) is 0 Å². The third-order valence-electron chi connectivity index (χ3n) is 3.77. The summed E-state index contributed by atoms with van der Waals surface area (Å²) in [6.07, 6.45) is 6.45. The second-order valence-corrected chi connectivity index (χ2v) is 5.44. The van der Waals surface area contributed by atoms with Crippen LogP contribution in [0.5, 0.6) is 0 Å². The lowest BCUT2D eigenvalue weighted by molar-refractivity contribution is 0.205. The van der Waals surface area contributed by atoms with Crippen LogP contribution in [0, 0.1) is 5.92 Å². The normalized spacial score (nSPS) is 16.1. The Kier molecular flexibility index (Phi) is 4.66. The highest BCUT2D eigenvalue weighted by atomic mass is 16.2. The van der Waals surface area contributed by atoms with E-state index in [1.807, 2.05) is 19.2 Å². The molecule has 0 heterocycles. The second-order valence-electron chi connectivity index (χ2n) is 5.44. The van der Waals surface area contributed by atoms with Gasteiger partial charge in [-0.3, -0.25) is 0 Å². The molecule has 0 radical (unpaired) electrons. The van der Waals surface area contributed by atoms with Crippen molar-refractivity contribution in [3.8, 4) is 0 Å².